The highest BCUT2D eigenvalue weighted by Crippen LogP contribution is 2.08. The van der Waals surface area contributed by atoms with Crippen molar-refractivity contribution in [1.29, 1.82) is 0 Å². The Bertz CT molecular complexity index is 483. The average Bonchev–Trinajstić information content (AvgIpc) is 2.43. The van der Waals surface area contributed by atoms with Crippen molar-refractivity contribution in [2.24, 2.45) is 0 Å². The van der Waals surface area contributed by atoms with Crippen LogP contribution in [0.5, 0.6) is 0 Å². The molecule has 0 amide bonds. The summed E-state index contributed by atoms with van der Waals surface area (Å²) in [5, 5.41) is 0. The highest BCUT2D eigenvalue weighted by atomic mass is 14.0. The zero-order valence-corrected chi connectivity index (χ0v) is 12.7. The van der Waals surface area contributed by atoms with Crippen LogP contribution in [0, 0.1) is 13.8 Å². The second-order valence-electron chi connectivity index (χ2n) is 4.96. The van der Waals surface area contributed by atoms with E-state index in [0.717, 1.165) is 6.42 Å². The summed E-state index contributed by atoms with van der Waals surface area (Å²) >= 11 is 0. The molecule has 102 valence electrons. The number of aryl methyl sites for hydroxylation is 4. The normalized spacial score (nSPS) is 9.68. The van der Waals surface area contributed by atoms with Gasteiger partial charge in [-0.05, 0) is 48.9 Å². The van der Waals surface area contributed by atoms with Crippen molar-refractivity contribution >= 4 is 0 Å². The van der Waals surface area contributed by atoms with Crippen LogP contribution in [0.4, 0.5) is 0 Å². The van der Waals surface area contributed by atoms with Crippen LogP contribution in [0.2, 0.25) is 0 Å². The molecule has 0 heteroatoms. The van der Waals surface area contributed by atoms with Crippen molar-refractivity contribution in [3.63, 3.8) is 0 Å². The molecular formula is C19H26. The van der Waals surface area contributed by atoms with Crippen LogP contribution in [-0.4, -0.2) is 0 Å². The Balaban J connectivity index is 0.000000191. The third kappa shape index (κ3) is 5.30. The van der Waals surface area contributed by atoms with Gasteiger partial charge in [0.05, 0.1) is 0 Å². The van der Waals surface area contributed by atoms with Gasteiger partial charge >= 0.3 is 0 Å². The summed E-state index contributed by atoms with van der Waals surface area (Å²) in [5.41, 5.74) is 5.77. The molecule has 0 saturated carbocycles. The summed E-state index contributed by atoms with van der Waals surface area (Å²) in [6, 6.07) is 17.1. The predicted molar refractivity (Wildman–Crippen MR) is 85.7 cm³/mol. The van der Waals surface area contributed by atoms with Gasteiger partial charge in [0.1, 0.15) is 0 Å². The minimum absolute atomic E-state index is 1.15. The fourth-order valence-corrected chi connectivity index (χ4v) is 2.17. The fraction of sp³-hybridized carbons (Fsp3) is 0.368. The Morgan fingerprint density at radius 3 is 1.53 bits per heavy atom. The summed E-state index contributed by atoms with van der Waals surface area (Å²) in [7, 11) is 0. The van der Waals surface area contributed by atoms with Crippen LogP contribution >= 0.6 is 0 Å². The zero-order chi connectivity index (χ0) is 14.1. The Morgan fingerprint density at radius 2 is 1.16 bits per heavy atom. The third-order valence-corrected chi connectivity index (χ3v) is 3.42. The summed E-state index contributed by atoms with van der Waals surface area (Å²) in [6.07, 6.45) is 3.60. The molecule has 0 fully saturated rings. The van der Waals surface area contributed by atoms with Crippen LogP contribution in [-0.2, 0) is 12.8 Å². The van der Waals surface area contributed by atoms with Crippen molar-refractivity contribution in [1.82, 2.24) is 0 Å². The van der Waals surface area contributed by atoms with E-state index in [0.29, 0.717) is 0 Å². The highest BCUT2D eigenvalue weighted by molar-refractivity contribution is 5.25. The third-order valence-electron chi connectivity index (χ3n) is 3.42. The van der Waals surface area contributed by atoms with Gasteiger partial charge in [-0.1, -0.05) is 68.8 Å². The van der Waals surface area contributed by atoms with E-state index in [2.05, 4.69) is 76.2 Å². The smallest absolute Gasteiger partial charge is 0.0279 e. The van der Waals surface area contributed by atoms with Crippen LogP contribution < -0.4 is 0 Å². The van der Waals surface area contributed by atoms with Crippen molar-refractivity contribution in [2.45, 2.75) is 47.0 Å². The summed E-state index contributed by atoms with van der Waals surface area (Å²) < 4.78 is 0. The number of hydrogen-bond donors (Lipinski definition) is 0. The van der Waals surface area contributed by atoms with E-state index in [1.165, 1.54) is 35.1 Å². The van der Waals surface area contributed by atoms with E-state index in [-0.39, 0.29) is 0 Å². The maximum Gasteiger partial charge on any atom is -0.0279 e. The van der Waals surface area contributed by atoms with E-state index in [9.17, 15) is 0 Å². The average molecular weight is 254 g/mol. The first kappa shape index (κ1) is 15.5. The second kappa shape index (κ2) is 8.53. The number of benzene rings is 2. The predicted octanol–water partition coefficient (Wildman–Crippen LogP) is 5.50. The molecule has 2 aromatic rings. The molecule has 0 unspecified atom stereocenters. The molecule has 0 aromatic heterocycles. The van der Waals surface area contributed by atoms with Gasteiger partial charge in [0.25, 0.3) is 0 Å². The SMILES string of the molecule is CCCc1ccccc1C.CCc1ccccc1C. The lowest BCUT2D eigenvalue weighted by Gasteiger charge is -2.01. The summed E-state index contributed by atoms with van der Waals surface area (Å²) in [6.45, 7) is 8.72. The van der Waals surface area contributed by atoms with E-state index >= 15 is 0 Å². The first-order valence-electron chi connectivity index (χ1n) is 7.28. The maximum absolute atomic E-state index is 2.21. The molecule has 2 rings (SSSR count). The highest BCUT2D eigenvalue weighted by Gasteiger charge is 1.92. The lowest BCUT2D eigenvalue weighted by atomic mass is 10.1. The molecule has 0 nitrogen and oxygen atoms in total. The van der Waals surface area contributed by atoms with E-state index in [1.807, 2.05) is 0 Å². The molecule has 0 bridgehead atoms. The number of hydrogen-bond acceptors (Lipinski definition) is 0. The van der Waals surface area contributed by atoms with Gasteiger partial charge in [-0.3, -0.25) is 0 Å². The van der Waals surface area contributed by atoms with E-state index in [4.69, 9.17) is 0 Å². The van der Waals surface area contributed by atoms with Crippen molar-refractivity contribution in [3.8, 4) is 0 Å². The Labute approximate surface area is 118 Å². The molecule has 0 heterocycles. The first-order valence-corrected chi connectivity index (χ1v) is 7.28. The summed E-state index contributed by atoms with van der Waals surface area (Å²) in [5.74, 6) is 0. The standard InChI is InChI=1S/C10H14.C9H12/c1-3-6-10-8-5-4-7-9(10)2;1-3-9-7-5-4-6-8(9)2/h4-5,7-8H,3,6H2,1-2H3;4-7H,3H2,1-2H3. The molecule has 2 aromatic carbocycles. The van der Waals surface area contributed by atoms with Crippen molar-refractivity contribution in [3.05, 3.63) is 70.8 Å². The van der Waals surface area contributed by atoms with Gasteiger partial charge in [-0.25, -0.2) is 0 Å². The minimum atomic E-state index is 1.15. The van der Waals surface area contributed by atoms with Gasteiger partial charge in [-0.2, -0.15) is 0 Å². The van der Waals surface area contributed by atoms with Crippen LogP contribution in [0.25, 0.3) is 0 Å². The molecule has 0 aliphatic heterocycles. The Hall–Kier alpha value is -1.56. The summed E-state index contributed by atoms with van der Waals surface area (Å²) in [4.78, 5) is 0. The molecule has 0 N–H and O–H groups in total. The Morgan fingerprint density at radius 1 is 0.684 bits per heavy atom. The second-order valence-corrected chi connectivity index (χ2v) is 4.96. The molecule has 0 radical (unpaired) electrons. The topological polar surface area (TPSA) is 0 Å². The molecular weight excluding hydrogens is 228 g/mol. The lowest BCUT2D eigenvalue weighted by molar-refractivity contribution is 0.913. The van der Waals surface area contributed by atoms with Gasteiger partial charge in [-0.15, -0.1) is 0 Å². The lowest BCUT2D eigenvalue weighted by Crippen LogP contribution is -1.85. The zero-order valence-electron chi connectivity index (χ0n) is 12.7. The van der Waals surface area contributed by atoms with Gasteiger partial charge in [0, 0.05) is 0 Å². The maximum atomic E-state index is 2.21. The number of rotatable bonds is 3. The van der Waals surface area contributed by atoms with Gasteiger partial charge < -0.3 is 0 Å². The van der Waals surface area contributed by atoms with E-state index in [1.54, 1.807) is 0 Å². The first-order chi connectivity index (χ1) is 9.19. The van der Waals surface area contributed by atoms with E-state index < -0.39 is 0 Å². The fourth-order valence-electron chi connectivity index (χ4n) is 2.17. The largest absolute Gasteiger partial charge is 0.0651 e. The minimum Gasteiger partial charge on any atom is -0.0651 e. The van der Waals surface area contributed by atoms with Crippen LogP contribution in [0.3, 0.4) is 0 Å². The molecule has 0 aliphatic carbocycles. The van der Waals surface area contributed by atoms with Crippen LogP contribution in [0.1, 0.15) is 42.5 Å². The molecule has 0 saturated heterocycles. The van der Waals surface area contributed by atoms with Gasteiger partial charge in [0.2, 0.25) is 0 Å². The van der Waals surface area contributed by atoms with Crippen molar-refractivity contribution < 1.29 is 0 Å². The van der Waals surface area contributed by atoms with Crippen LogP contribution in [0.15, 0.2) is 48.5 Å². The van der Waals surface area contributed by atoms with Crippen molar-refractivity contribution in [2.75, 3.05) is 0 Å². The Kier molecular flexibility index (Phi) is 6.95. The van der Waals surface area contributed by atoms with Gasteiger partial charge in [0.15, 0.2) is 0 Å². The monoisotopic (exact) mass is 254 g/mol. The molecule has 0 atom stereocenters. The molecule has 0 aliphatic rings. The molecule has 0 spiro atoms. The molecule has 19 heavy (non-hydrogen) atoms. The quantitative estimate of drug-likeness (QED) is 0.678.